The van der Waals surface area contributed by atoms with Crippen molar-refractivity contribution in [2.24, 2.45) is 0 Å². The van der Waals surface area contributed by atoms with E-state index in [1.807, 2.05) is 12.1 Å². The molecule has 6 nitrogen and oxygen atoms in total. The molecule has 3 N–H and O–H groups in total. The number of H-pyrrole nitrogens is 1. The van der Waals surface area contributed by atoms with Gasteiger partial charge in [0.15, 0.2) is 5.65 Å². The van der Waals surface area contributed by atoms with Crippen LogP contribution in [-0.2, 0) is 12.8 Å². The fourth-order valence-electron chi connectivity index (χ4n) is 3.18. The Balaban J connectivity index is 1.77. The summed E-state index contributed by atoms with van der Waals surface area (Å²) in [6.45, 7) is 2.06. The average molecular weight is 295 g/mol. The van der Waals surface area contributed by atoms with E-state index in [9.17, 15) is 5.11 Å². The molecule has 0 saturated carbocycles. The third-order valence-corrected chi connectivity index (χ3v) is 4.28. The summed E-state index contributed by atoms with van der Waals surface area (Å²) in [7, 11) is 0. The van der Waals surface area contributed by atoms with E-state index in [1.165, 1.54) is 11.9 Å². The van der Waals surface area contributed by atoms with E-state index in [1.54, 1.807) is 0 Å². The summed E-state index contributed by atoms with van der Waals surface area (Å²) in [4.78, 5) is 8.56. The largest absolute Gasteiger partial charge is 0.390 e. The number of aromatic amines is 1. The molecule has 1 aliphatic carbocycles. The normalized spacial score (nSPS) is 20.3. The maximum absolute atomic E-state index is 10.4. The van der Waals surface area contributed by atoms with Gasteiger partial charge < -0.3 is 10.4 Å². The zero-order valence-corrected chi connectivity index (χ0v) is 12.2. The molecule has 6 heteroatoms. The fourth-order valence-corrected chi connectivity index (χ4v) is 3.18. The van der Waals surface area contributed by atoms with Crippen molar-refractivity contribution in [2.75, 3.05) is 5.32 Å². The van der Waals surface area contributed by atoms with Gasteiger partial charge in [-0.1, -0.05) is 31.2 Å². The minimum atomic E-state index is -0.459. The van der Waals surface area contributed by atoms with E-state index in [-0.39, 0.29) is 6.04 Å². The zero-order valence-electron chi connectivity index (χ0n) is 12.2. The summed E-state index contributed by atoms with van der Waals surface area (Å²) in [5.41, 5.74) is 3.96. The summed E-state index contributed by atoms with van der Waals surface area (Å²) in [6.07, 6.45) is 2.52. The number of hydrogen-bond acceptors (Lipinski definition) is 5. The van der Waals surface area contributed by atoms with Gasteiger partial charge in [-0.25, -0.2) is 9.97 Å². The molecule has 2 aromatic heterocycles. The Morgan fingerprint density at radius 1 is 1.32 bits per heavy atom. The van der Waals surface area contributed by atoms with Gasteiger partial charge >= 0.3 is 0 Å². The van der Waals surface area contributed by atoms with E-state index >= 15 is 0 Å². The molecule has 3 aromatic rings. The molecular formula is C16H17N5O. The third-order valence-electron chi connectivity index (χ3n) is 4.28. The van der Waals surface area contributed by atoms with Crippen molar-refractivity contribution < 1.29 is 5.11 Å². The van der Waals surface area contributed by atoms with Crippen LogP contribution in [0.2, 0.25) is 0 Å². The molecule has 0 radical (unpaired) electrons. The lowest BCUT2D eigenvalue weighted by Gasteiger charge is -2.19. The standard InChI is InChI=1S/C16H17N5O/c1-2-11-13-15(17-8-18-16(13)21-20-11)19-14-10-6-4-3-5-9(10)7-12(14)22/h3-6,8,12,14,22H,2,7H2,1H3,(H2,17,18,19,20,21)/t12-,14+/m0/s1. The van der Waals surface area contributed by atoms with Crippen LogP contribution < -0.4 is 5.32 Å². The number of anilines is 1. The Morgan fingerprint density at radius 3 is 3.05 bits per heavy atom. The van der Waals surface area contributed by atoms with Crippen LogP contribution in [0.15, 0.2) is 30.6 Å². The second-order valence-corrected chi connectivity index (χ2v) is 5.57. The van der Waals surface area contributed by atoms with Crippen molar-refractivity contribution in [1.29, 1.82) is 0 Å². The molecular weight excluding hydrogens is 278 g/mol. The SMILES string of the molecule is CCc1[nH]nc2ncnc(N[C@@H]3c4ccccc4C[C@@H]3O)c12. The number of aliphatic hydroxyl groups excluding tert-OH is 1. The Hall–Kier alpha value is -2.47. The number of aromatic nitrogens is 4. The van der Waals surface area contributed by atoms with E-state index in [4.69, 9.17) is 0 Å². The van der Waals surface area contributed by atoms with Crippen LogP contribution >= 0.6 is 0 Å². The highest BCUT2D eigenvalue weighted by Gasteiger charge is 2.31. The summed E-state index contributed by atoms with van der Waals surface area (Å²) in [6, 6.07) is 7.95. The summed E-state index contributed by atoms with van der Waals surface area (Å²) in [5, 5.41) is 21.9. The van der Waals surface area contributed by atoms with Crippen molar-refractivity contribution in [2.45, 2.75) is 31.9 Å². The van der Waals surface area contributed by atoms with Gasteiger partial charge in [0.2, 0.25) is 0 Å². The lowest BCUT2D eigenvalue weighted by Crippen LogP contribution is -2.21. The van der Waals surface area contributed by atoms with Gasteiger partial charge in [0.25, 0.3) is 0 Å². The smallest absolute Gasteiger partial charge is 0.186 e. The molecule has 0 bridgehead atoms. The topological polar surface area (TPSA) is 86.7 Å². The Morgan fingerprint density at radius 2 is 2.18 bits per heavy atom. The van der Waals surface area contributed by atoms with E-state index in [0.29, 0.717) is 12.1 Å². The van der Waals surface area contributed by atoms with Crippen LogP contribution in [0.3, 0.4) is 0 Å². The first-order chi connectivity index (χ1) is 10.8. The number of nitrogens with one attached hydrogen (secondary N) is 2. The maximum Gasteiger partial charge on any atom is 0.186 e. The average Bonchev–Trinajstić information content (AvgIpc) is 3.09. The van der Waals surface area contributed by atoms with Crippen LogP contribution in [0.5, 0.6) is 0 Å². The number of fused-ring (bicyclic) bond motifs is 2. The predicted molar refractivity (Wildman–Crippen MR) is 83.6 cm³/mol. The molecule has 22 heavy (non-hydrogen) atoms. The second-order valence-electron chi connectivity index (χ2n) is 5.57. The minimum Gasteiger partial charge on any atom is -0.390 e. The number of aryl methyl sites for hydroxylation is 1. The van der Waals surface area contributed by atoms with Crippen LogP contribution in [0, 0.1) is 0 Å². The molecule has 0 saturated heterocycles. The maximum atomic E-state index is 10.4. The second kappa shape index (κ2) is 5.06. The fraction of sp³-hybridized carbons (Fsp3) is 0.312. The van der Waals surface area contributed by atoms with Crippen LogP contribution in [-0.4, -0.2) is 31.4 Å². The van der Waals surface area contributed by atoms with Crippen molar-refractivity contribution in [3.63, 3.8) is 0 Å². The number of hydrogen-bond donors (Lipinski definition) is 3. The lowest BCUT2D eigenvalue weighted by molar-refractivity contribution is 0.165. The van der Waals surface area contributed by atoms with Gasteiger partial charge in [-0.2, -0.15) is 5.10 Å². The molecule has 0 fully saturated rings. The molecule has 0 spiro atoms. The molecule has 1 aromatic carbocycles. The van der Waals surface area contributed by atoms with Gasteiger partial charge in [-0.05, 0) is 17.5 Å². The number of aliphatic hydroxyl groups is 1. The molecule has 2 heterocycles. The van der Waals surface area contributed by atoms with E-state index < -0.39 is 6.10 Å². The summed E-state index contributed by atoms with van der Waals surface area (Å²) in [5.74, 6) is 0.719. The zero-order chi connectivity index (χ0) is 15.1. The van der Waals surface area contributed by atoms with Gasteiger partial charge in [0.05, 0.1) is 17.5 Å². The summed E-state index contributed by atoms with van der Waals surface area (Å²) >= 11 is 0. The first-order valence-electron chi connectivity index (χ1n) is 7.48. The molecule has 1 aliphatic rings. The highest BCUT2D eigenvalue weighted by atomic mass is 16.3. The number of benzene rings is 1. The van der Waals surface area contributed by atoms with Gasteiger partial charge in [0, 0.05) is 12.1 Å². The van der Waals surface area contributed by atoms with E-state index in [2.05, 4.69) is 44.5 Å². The Bertz CT molecular complexity index is 828. The third kappa shape index (κ3) is 1.95. The van der Waals surface area contributed by atoms with Gasteiger partial charge in [0.1, 0.15) is 12.1 Å². The Kier molecular flexibility index (Phi) is 3.04. The van der Waals surface area contributed by atoms with Gasteiger partial charge in [-0.3, -0.25) is 5.10 Å². The van der Waals surface area contributed by atoms with Gasteiger partial charge in [-0.15, -0.1) is 0 Å². The lowest BCUT2D eigenvalue weighted by atomic mass is 10.1. The van der Waals surface area contributed by atoms with Crippen molar-refractivity contribution >= 4 is 16.9 Å². The number of rotatable bonds is 3. The first-order valence-corrected chi connectivity index (χ1v) is 7.48. The van der Waals surface area contributed by atoms with E-state index in [0.717, 1.165) is 28.9 Å². The summed E-state index contributed by atoms with van der Waals surface area (Å²) < 4.78 is 0. The first kappa shape index (κ1) is 13.2. The van der Waals surface area contributed by atoms with Crippen molar-refractivity contribution in [3.8, 4) is 0 Å². The minimum absolute atomic E-state index is 0.158. The molecule has 4 rings (SSSR count). The van der Waals surface area contributed by atoms with Crippen molar-refractivity contribution in [1.82, 2.24) is 20.2 Å². The highest BCUT2D eigenvalue weighted by Crippen LogP contribution is 2.35. The monoisotopic (exact) mass is 295 g/mol. The predicted octanol–water partition coefficient (Wildman–Crippen LogP) is 1.99. The molecule has 0 amide bonds. The Labute approximate surface area is 127 Å². The highest BCUT2D eigenvalue weighted by molar-refractivity contribution is 5.89. The molecule has 0 unspecified atom stereocenters. The number of nitrogens with zero attached hydrogens (tertiary/aromatic N) is 3. The van der Waals surface area contributed by atoms with Crippen molar-refractivity contribution in [3.05, 3.63) is 47.4 Å². The molecule has 0 aliphatic heterocycles. The molecule has 2 atom stereocenters. The van der Waals surface area contributed by atoms with Crippen LogP contribution in [0.1, 0.15) is 29.8 Å². The quantitative estimate of drug-likeness (QED) is 0.688. The van der Waals surface area contributed by atoms with Crippen LogP contribution in [0.25, 0.3) is 11.0 Å². The molecule has 112 valence electrons. The van der Waals surface area contributed by atoms with Crippen LogP contribution in [0.4, 0.5) is 5.82 Å².